The molecule has 0 aliphatic rings. The molecule has 0 saturated carbocycles. The summed E-state index contributed by atoms with van der Waals surface area (Å²) in [6.07, 6.45) is 0. The molecule has 0 saturated heterocycles. The van der Waals surface area contributed by atoms with Crippen molar-refractivity contribution in [3.8, 4) is 5.75 Å². The molecule has 0 unspecified atom stereocenters. The molecule has 98 valence electrons. The lowest BCUT2D eigenvalue weighted by atomic mass is 10.2. The van der Waals surface area contributed by atoms with E-state index in [0.717, 1.165) is 9.79 Å². The number of benzene rings is 2. The number of carbonyl (C=O) groups excluding carboxylic acids is 1. The predicted octanol–water partition coefficient (Wildman–Crippen LogP) is 3.63. The maximum atomic E-state index is 11.5. The Morgan fingerprint density at radius 3 is 2.42 bits per heavy atom. The van der Waals surface area contributed by atoms with Crippen LogP contribution in [0.5, 0.6) is 5.75 Å². The Balaban J connectivity index is 2.29. The molecule has 2 aromatic rings. The van der Waals surface area contributed by atoms with Gasteiger partial charge in [-0.1, -0.05) is 30.0 Å². The summed E-state index contributed by atoms with van der Waals surface area (Å²) >= 11 is 1.59. The molecule has 2 aromatic carbocycles. The molecule has 4 heteroatoms. The van der Waals surface area contributed by atoms with E-state index in [1.54, 1.807) is 31.0 Å². The van der Waals surface area contributed by atoms with Gasteiger partial charge in [0.25, 0.3) is 0 Å². The molecule has 0 heterocycles. The molecular weight excluding hydrogens is 260 g/mol. The molecule has 0 spiro atoms. The fraction of sp³-hybridized carbons (Fsp3) is 0.133. The second-order valence-electron chi connectivity index (χ2n) is 3.77. The molecule has 0 fully saturated rings. The summed E-state index contributed by atoms with van der Waals surface area (Å²) in [6, 6.07) is 15.3. The van der Waals surface area contributed by atoms with E-state index in [1.807, 2.05) is 36.4 Å². The standard InChI is InChI=1S/C15H14O3S/c1-17-13-10-11(15(16)18-2)8-9-14(13)19-12-6-4-3-5-7-12/h3-10H,1-2H3. The van der Waals surface area contributed by atoms with Crippen LogP contribution in [0.15, 0.2) is 58.3 Å². The van der Waals surface area contributed by atoms with Crippen molar-refractivity contribution in [1.29, 1.82) is 0 Å². The van der Waals surface area contributed by atoms with E-state index in [-0.39, 0.29) is 5.97 Å². The molecule has 3 nitrogen and oxygen atoms in total. The number of hydrogen-bond donors (Lipinski definition) is 0. The van der Waals surface area contributed by atoms with Crippen LogP contribution in [-0.4, -0.2) is 20.2 Å². The van der Waals surface area contributed by atoms with E-state index in [1.165, 1.54) is 7.11 Å². The van der Waals surface area contributed by atoms with Crippen molar-refractivity contribution in [2.24, 2.45) is 0 Å². The van der Waals surface area contributed by atoms with Crippen molar-refractivity contribution < 1.29 is 14.3 Å². The lowest BCUT2D eigenvalue weighted by molar-refractivity contribution is 0.0600. The first-order chi connectivity index (χ1) is 9.24. The van der Waals surface area contributed by atoms with Crippen molar-refractivity contribution in [2.45, 2.75) is 9.79 Å². The first-order valence-corrected chi connectivity index (χ1v) is 6.55. The molecule has 0 aliphatic carbocycles. The summed E-state index contributed by atoms with van der Waals surface area (Å²) in [4.78, 5) is 13.5. The van der Waals surface area contributed by atoms with Crippen molar-refractivity contribution in [1.82, 2.24) is 0 Å². The number of esters is 1. The third-order valence-electron chi connectivity index (χ3n) is 2.56. The number of rotatable bonds is 4. The fourth-order valence-corrected chi connectivity index (χ4v) is 2.54. The second kappa shape index (κ2) is 6.29. The quantitative estimate of drug-likeness (QED) is 0.797. The lowest BCUT2D eigenvalue weighted by Crippen LogP contribution is -2.01. The van der Waals surface area contributed by atoms with Crippen LogP contribution >= 0.6 is 11.8 Å². The van der Waals surface area contributed by atoms with Gasteiger partial charge in [-0.05, 0) is 30.3 Å². The van der Waals surface area contributed by atoms with Crippen molar-refractivity contribution in [3.05, 3.63) is 54.1 Å². The highest BCUT2D eigenvalue weighted by Gasteiger charge is 2.11. The van der Waals surface area contributed by atoms with Gasteiger partial charge in [-0.25, -0.2) is 4.79 Å². The Morgan fingerprint density at radius 1 is 1.05 bits per heavy atom. The average Bonchev–Trinajstić information content (AvgIpc) is 2.48. The van der Waals surface area contributed by atoms with Crippen molar-refractivity contribution in [2.75, 3.05) is 14.2 Å². The van der Waals surface area contributed by atoms with Gasteiger partial charge in [-0.3, -0.25) is 0 Å². The molecule has 0 atom stereocenters. The maximum absolute atomic E-state index is 11.5. The summed E-state index contributed by atoms with van der Waals surface area (Å²) in [6.45, 7) is 0. The number of ether oxygens (including phenoxy) is 2. The van der Waals surface area contributed by atoms with Gasteiger partial charge in [0.15, 0.2) is 0 Å². The number of hydrogen-bond acceptors (Lipinski definition) is 4. The van der Waals surface area contributed by atoms with E-state index in [0.29, 0.717) is 11.3 Å². The van der Waals surface area contributed by atoms with Crippen molar-refractivity contribution in [3.63, 3.8) is 0 Å². The van der Waals surface area contributed by atoms with Gasteiger partial charge in [-0.2, -0.15) is 0 Å². The minimum absolute atomic E-state index is 0.366. The van der Waals surface area contributed by atoms with E-state index in [9.17, 15) is 4.79 Å². The smallest absolute Gasteiger partial charge is 0.337 e. The van der Waals surface area contributed by atoms with Crippen LogP contribution in [0.3, 0.4) is 0 Å². The Bertz CT molecular complexity index is 567. The third-order valence-corrected chi connectivity index (χ3v) is 3.62. The highest BCUT2D eigenvalue weighted by molar-refractivity contribution is 7.99. The van der Waals surface area contributed by atoms with Crippen LogP contribution in [0.1, 0.15) is 10.4 Å². The zero-order chi connectivity index (χ0) is 13.7. The van der Waals surface area contributed by atoms with E-state index < -0.39 is 0 Å². The molecule has 0 amide bonds. The molecule has 0 bridgehead atoms. The highest BCUT2D eigenvalue weighted by atomic mass is 32.2. The van der Waals surface area contributed by atoms with Crippen LogP contribution < -0.4 is 4.74 Å². The van der Waals surface area contributed by atoms with E-state index in [4.69, 9.17) is 9.47 Å². The summed E-state index contributed by atoms with van der Waals surface area (Å²) in [5.74, 6) is 0.298. The number of carbonyl (C=O) groups is 1. The van der Waals surface area contributed by atoms with Gasteiger partial charge in [0.05, 0.1) is 24.7 Å². The molecule has 0 N–H and O–H groups in total. The van der Waals surface area contributed by atoms with Gasteiger partial charge < -0.3 is 9.47 Å². The lowest BCUT2D eigenvalue weighted by Gasteiger charge is -2.09. The minimum atomic E-state index is -0.366. The Hall–Kier alpha value is -1.94. The van der Waals surface area contributed by atoms with E-state index in [2.05, 4.69) is 0 Å². The molecule has 0 radical (unpaired) electrons. The normalized spacial score (nSPS) is 10.0. The summed E-state index contributed by atoms with van der Waals surface area (Å²) in [5.41, 5.74) is 0.483. The predicted molar refractivity (Wildman–Crippen MR) is 74.9 cm³/mol. The molecule has 2 rings (SSSR count). The third kappa shape index (κ3) is 3.29. The Kier molecular flexibility index (Phi) is 4.47. The van der Waals surface area contributed by atoms with E-state index >= 15 is 0 Å². The molecule has 19 heavy (non-hydrogen) atoms. The van der Waals surface area contributed by atoms with Gasteiger partial charge in [-0.15, -0.1) is 0 Å². The monoisotopic (exact) mass is 274 g/mol. The molecule has 0 aromatic heterocycles. The molecule has 0 aliphatic heterocycles. The fourth-order valence-electron chi connectivity index (χ4n) is 1.61. The van der Waals surface area contributed by atoms with Crippen LogP contribution in [0.25, 0.3) is 0 Å². The topological polar surface area (TPSA) is 35.5 Å². The zero-order valence-corrected chi connectivity index (χ0v) is 11.6. The minimum Gasteiger partial charge on any atom is -0.496 e. The summed E-state index contributed by atoms with van der Waals surface area (Å²) < 4.78 is 10.0. The first-order valence-electron chi connectivity index (χ1n) is 5.74. The zero-order valence-electron chi connectivity index (χ0n) is 10.8. The molecular formula is C15H14O3S. The second-order valence-corrected chi connectivity index (χ2v) is 4.89. The first kappa shape index (κ1) is 13.5. The largest absolute Gasteiger partial charge is 0.496 e. The van der Waals surface area contributed by atoms with Gasteiger partial charge in [0, 0.05) is 4.90 Å². The highest BCUT2D eigenvalue weighted by Crippen LogP contribution is 2.35. The van der Waals surface area contributed by atoms with Crippen molar-refractivity contribution >= 4 is 17.7 Å². The van der Waals surface area contributed by atoms with Crippen LogP contribution in [-0.2, 0) is 4.74 Å². The van der Waals surface area contributed by atoms with Crippen LogP contribution in [0.4, 0.5) is 0 Å². The van der Waals surface area contributed by atoms with Gasteiger partial charge in [0.1, 0.15) is 5.75 Å². The Labute approximate surface area is 116 Å². The van der Waals surface area contributed by atoms with Gasteiger partial charge in [0.2, 0.25) is 0 Å². The summed E-state index contributed by atoms with van der Waals surface area (Å²) in [7, 11) is 2.95. The Morgan fingerprint density at radius 2 is 1.79 bits per heavy atom. The number of methoxy groups -OCH3 is 2. The maximum Gasteiger partial charge on any atom is 0.337 e. The van der Waals surface area contributed by atoms with Crippen LogP contribution in [0, 0.1) is 0 Å². The average molecular weight is 274 g/mol. The summed E-state index contributed by atoms with van der Waals surface area (Å²) in [5, 5.41) is 0. The SMILES string of the molecule is COC(=O)c1ccc(Sc2ccccc2)c(OC)c1. The van der Waals surface area contributed by atoms with Gasteiger partial charge >= 0.3 is 5.97 Å². The van der Waals surface area contributed by atoms with Crippen LogP contribution in [0.2, 0.25) is 0 Å².